The lowest BCUT2D eigenvalue weighted by Gasteiger charge is -2.19. The van der Waals surface area contributed by atoms with E-state index in [1.165, 1.54) is 32.1 Å². The van der Waals surface area contributed by atoms with Crippen LogP contribution in [0.2, 0.25) is 0 Å². The molecule has 1 unspecified atom stereocenters. The maximum atomic E-state index is 11.0. The van der Waals surface area contributed by atoms with Gasteiger partial charge in [-0.05, 0) is 19.3 Å². The molecule has 2 fully saturated rings. The van der Waals surface area contributed by atoms with Gasteiger partial charge in [0.2, 0.25) is 0 Å². The third-order valence-corrected chi connectivity index (χ3v) is 3.05. The molecule has 0 aromatic heterocycles. The molecule has 0 bridgehead atoms. The van der Waals surface area contributed by atoms with Crippen LogP contribution in [0.4, 0.5) is 0 Å². The summed E-state index contributed by atoms with van der Waals surface area (Å²) in [5, 5.41) is 0. The summed E-state index contributed by atoms with van der Waals surface area (Å²) in [4.78, 5) is 11.0. The van der Waals surface area contributed by atoms with Crippen LogP contribution < -0.4 is 0 Å². The van der Waals surface area contributed by atoms with Crippen molar-refractivity contribution in [3.05, 3.63) is 0 Å². The molecule has 0 N–H and O–H groups in total. The fraction of sp³-hybridized carbons (Fsp3) is 0.900. The molecule has 2 aliphatic rings. The second-order valence-electron chi connectivity index (χ2n) is 3.98. The Kier molecular flexibility index (Phi) is 2.33. The predicted octanol–water partition coefficient (Wildman–Crippen LogP) is 2.27. The normalized spacial score (nSPS) is 36.5. The molecular formula is C10H16O2. The summed E-state index contributed by atoms with van der Waals surface area (Å²) in [6, 6.07) is 0. The Morgan fingerprint density at radius 2 is 1.83 bits per heavy atom. The van der Waals surface area contributed by atoms with Crippen molar-refractivity contribution >= 4 is 5.97 Å². The van der Waals surface area contributed by atoms with E-state index >= 15 is 0 Å². The van der Waals surface area contributed by atoms with E-state index < -0.39 is 0 Å². The van der Waals surface area contributed by atoms with Crippen LogP contribution >= 0.6 is 0 Å². The number of fused-ring (bicyclic) bond motifs is 1. The molecule has 2 atom stereocenters. The molecule has 68 valence electrons. The Morgan fingerprint density at radius 3 is 2.67 bits per heavy atom. The minimum Gasteiger partial charge on any atom is -0.462 e. The minimum absolute atomic E-state index is 0.0342. The van der Waals surface area contributed by atoms with Gasteiger partial charge < -0.3 is 4.74 Å². The highest BCUT2D eigenvalue weighted by Gasteiger charge is 2.34. The molecule has 0 aromatic carbocycles. The first-order valence-electron chi connectivity index (χ1n) is 5.06. The van der Waals surface area contributed by atoms with Crippen molar-refractivity contribution < 1.29 is 9.53 Å². The standard InChI is InChI=1S/C10H16O2/c11-10-7-8-5-3-1-2-4-6-9(8)12-10/h8-9H,1-7H2/t8?,9-/m1/s1. The SMILES string of the molecule is O=C1CC2CCCCCC[C@H]2O1. The Bertz CT molecular complexity index is 159. The van der Waals surface area contributed by atoms with E-state index in [4.69, 9.17) is 4.74 Å². The lowest BCUT2D eigenvalue weighted by Crippen LogP contribution is -2.17. The Hall–Kier alpha value is -0.530. The molecule has 0 radical (unpaired) electrons. The van der Waals surface area contributed by atoms with Gasteiger partial charge in [-0.15, -0.1) is 0 Å². The maximum Gasteiger partial charge on any atom is 0.306 e. The molecule has 1 saturated carbocycles. The summed E-state index contributed by atoms with van der Waals surface area (Å²) in [6.45, 7) is 0. The number of esters is 1. The van der Waals surface area contributed by atoms with Crippen LogP contribution in [0, 0.1) is 5.92 Å². The second-order valence-corrected chi connectivity index (χ2v) is 3.98. The first-order valence-corrected chi connectivity index (χ1v) is 5.06. The molecule has 1 aliphatic heterocycles. The van der Waals surface area contributed by atoms with Gasteiger partial charge in [0.1, 0.15) is 6.10 Å². The first-order chi connectivity index (χ1) is 5.86. The van der Waals surface area contributed by atoms with Gasteiger partial charge in [-0.2, -0.15) is 0 Å². The quantitative estimate of drug-likeness (QED) is 0.519. The molecule has 0 amide bonds. The van der Waals surface area contributed by atoms with Gasteiger partial charge in [0.05, 0.1) is 6.42 Å². The third kappa shape index (κ3) is 1.62. The van der Waals surface area contributed by atoms with Crippen LogP contribution in [0.1, 0.15) is 44.9 Å². The average molecular weight is 168 g/mol. The highest BCUT2D eigenvalue weighted by molar-refractivity contribution is 5.72. The molecule has 2 rings (SSSR count). The molecule has 1 saturated heterocycles. The summed E-state index contributed by atoms with van der Waals surface area (Å²) in [5.41, 5.74) is 0. The van der Waals surface area contributed by atoms with Crippen LogP contribution in [0.3, 0.4) is 0 Å². The van der Waals surface area contributed by atoms with Crippen LogP contribution in [0.5, 0.6) is 0 Å². The smallest absolute Gasteiger partial charge is 0.306 e. The van der Waals surface area contributed by atoms with Crippen LogP contribution in [-0.2, 0) is 9.53 Å². The number of ether oxygens (including phenoxy) is 1. The van der Waals surface area contributed by atoms with Gasteiger partial charge in [-0.1, -0.05) is 19.3 Å². The molecule has 2 heteroatoms. The second kappa shape index (κ2) is 3.46. The van der Waals surface area contributed by atoms with E-state index in [9.17, 15) is 4.79 Å². The van der Waals surface area contributed by atoms with E-state index in [0.29, 0.717) is 12.3 Å². The molecule has 2 nitrogen and oxygen atoms in total. The summed E-state index contributed by atoms with van der Waals surface area (Å²) < 4.78 is 5.26. The molecule has 0 aromatic rings. The van der Waals surface area contributed by atoms with E-state index in [0.717, 1.165) is 6.42 Å². The number of hydrogen-bond donors (Lipinski definition) is 0. The highest BCUT2D eigenvalue weighted by Crippen LogP contribution is 2.32. The van der Waals surface area contributed by atoms with Crippen LogP contribution in [0.15, 0.2) is 0 Å². The molecular weight excluding hydrogens is 152 g/mol. The van der Waals surface area contributed by atoms with Crippen molar-refractivity contribution in [1.29, 1.82) is 0 Å². The molecule has 1 aliphatic carbocycles. The van der Waals surface area contributed by atoms with Gasteiger partial charge in [0.25, 0.3) is 0 Å². The number of carbonyl (C=O) groups is 1. The zero-order valence-corrected chi connectivity index (χ0v) is 7.42. The zero-order chi connectivity index (χ0) is 8.39. The zero-order valence-electron chi connectivity index (χ0n) is 7.42. The van der Waals surface area contributed by atoms with Gasteiger partial charge >= 0.3 is 5.97 Å². The Balaban J connectivity index is 1.96. The Labute approximate surface area is 73.3 Å². The molecule has 0 spiro atoms. The van der Waals surface area contributed by atoms with Crippen molar-refractivity contribution in [2.45, 2.75) is 51.0 Å². The summed E-state index contributed by atoms with van der Waals surface area (Å²) in [6.07, 6.45) is 8.47. The fourth-order valence-electron chi connectivity index (χ4n) is 2.35. The van der Waals surface area contributed by atoms with Crippen molar-refractivity contribution in [2.75, 3.05) is 0 Å². The summed E-state index contributed by atoms with van der Waals surface area (Å²) in [5.74, 6) is 0.588. The molecule has 1 heterocycles. The van der Waals surface area contributed by atoms with Gasteiger partial charge in [-0.25, -0.2) is 0 Å². The van der Waals surface area contributed by atoms with E-state index in [1.807, 2.05) is 0 Å². The van der Waals surface area contributed by atoms with E-state index in [-0.39, 0.29) is 12.1 Å². The molecule has 12 heavy (non-hydrogen) atoms. The van der Waals surface area contributed by atoms with Gasteiger partial charge in [-0.3, -0.25) is 4.79 Å². The fourth-order valence-corrected chi connectivity index (χ4v) is 2.35. The van der Waals surface area contributed by atoms with Gasteiger partial charge in [0.15, 0.2) is 0 Å². The van der Waals surface area contributed by atoms with E-state index in [1.54, 1.807) is 0 Å². The van der Waals surface area contributed by atoms with Crippen LogP contribution in [-0.4, -0.2) is 12.1 Å². The van der Waals surface area contributed by atoms with Crippen molar-refractivity contribution in [2.24, 2.45) is 5.92 Å². The van der Waals surface area contributed by atoms with Crippen molar-refractivity contribution in [3.8, 4) is 0 Å². The average Bonchev–Trinajstić information content (AvgIpc) is 2.32. The minimum atomic E-state index is 0.0342. The van der Waals surface area contributed by atoms with Crippen molar-refractivity contribution in [3.63, 3.8) is 0 Å². The highest BCUT2D eigenvalue weighted by atomic mass is 16.5. The largest absolute Gasteiger partial charge is 0.462 e. The lowest BCUT2D eigenvalue weighted by molar-refractivity contribution is -0.141. The number of hydrogen-bond acceptors (Lipinski definition) is 2. The lowest BCUT2D eigenvalue weighted by atomic mass is 9.88. The summed E-state index contributed by atoms with van der Waals surface area (Å²) in [7, 11) is 0. The number of rotatable bonds is 0. The summed E-state index contributed by atoms with van der Waals surface area (Å²) >= 11 is 0. The number of carbonyl (C=O) groups excluding carboxylic acids is 1. The monoisotopic (exact) mass is 168 g/mol. The van der Waals surface area contributed by atoms with Crippen molar-refractivity contribution in [1.82, 2.24) is 0 Å². The topological polar surface area (TPSA) is 26.3 Å². The maximum absolute atomic E-state index is 11.0. The van der Waals surface area contributed by atoms with Crippen LogP contribution in [0.25, 0.3) is 0 Å². The van der Waals surface area contributed by atoms with Gasteiger partial charge in [0, 0.05) is 5.92 Å². The third-order valence-electron chi connectivity index (χ3n) is 3.05. The predicted molar refractivity (Wildman–Crippen MR) is 45.7 cm³/mol. The van der Waals surface area contributed by atoms with E-state index in [2.05, 4.69) is 0 Å². The Morgan fingerprint density at radius 1 is 1.08 bits per heavy atom. The first kappa shape index (κ1) is 8.09.